The molecule has 4 nitrogen and oxygen atoms in total. The molecule has 0 aliphatic carbocycles. The largest absolute Gasteiger partial charge is 0.463 e. The zero-order valence-electron chi connectivity index (χ0n) is 10.8. The lowest BCUT2D eigenvalue weighted by Gasteiger charge is -2.38. The lowest BCUT2D eigenvalue weighted by atomic mass is 9.86. The summed E-state index contributed by atoms with van der Waals surface area (Å²) in [5.74, 6) is -0.342. The summed E-state index contributed by atoms with van der Waals surface area (Å²) in [6.07, 6.45) is 3.07. The fourth-order valence-corrected chi connectivity index (χ4v) is 0.876. The number of hydrogen-bond acceptors (Lipinski definition) is 4. The fourth-order valence-electron chi connectivity index (χ4n) is 0.876. The van der Waals surface area contributed by atoms with E-state index in [9.17, 15) is 9.90 Å². The minimum Gasteiger partial charge on any atom is -0.463 e. The third-order valence-electron chi connectivity index (χ3n) is 2.73. The number of hydrogen-bond donors (Lipinski definition) is 2. The number of carbonyl (C=O) groups excluding carboxylic acids is 1. The summed E-state index contributed by atoms with van der Waals surface area (Å²) >= 11 is 0. The molecule has 0 spiro atoms. The van der Waals surface area contributed by atoms with Crippen LogP contribution in [0.2, 0.25) is 0 Å². The van der Waals surface area contributed by atoms with Crippen molar-refractivity contribution in [3.63, 3.8) is 0 Å². The number of rotatable bonds is 6. The van der Waals surface area contributed by atoms with Gasteiger partial charge in [-0.1, -0.05) is 6.08 Å². The number of ether oxygens (including phenoxy) is 1. The summed E-state index contributed by atoms with van der Waals surface area (Å²) in [4.78, 5) is 11.0. The Hall–Kier alpha value is -0.870. The first-order chi connectivity index (χ1) is 7.20. The molecular formula is C12H23NO3. The number of aliphatic hydroxyl groups is 1. The highest BCUT2D eigenvalue weighted by atomic mass is 16.5. The summed E-state index contributed by atoms with van der Waals surface area (Å²) in [5.41, 5.74) is -1.25. The second-order valence-corrected chi connectivity index (χ2v) is 4.72. The molecule has 0 aliphatic heterocycles. The Balaban J connectivity index is 4.03. The van der Waals surface area contributed by atoms with Crippen LogP contribution in [0, 0.1) is 0 Å². The van der Waals surface area contributed by atoms with Gasteiger partial charge in [0.2, 0.25) is 0 Å². The molecule has 0 bridgehead atoms. The number of nitrogens with one attached hydrogen (secondary N) is 1. The van der Waals surface area contributed by atoms with Crippen LogP contribution in [-0.2, 0) is 9.53 Å². The van der Waals surface area contributed by atoms with E-state index in [0.717, 1.165) is 0 Å². The highest BCUT2D eigenvalue weighted by Gasteiger charge is 2.33. The van der Waals surface area contributed by atoms with Gasteiger partial charge in [-0.15, -0.1) is 0 Å². The van der Waals surface area contributed by atoms with Gasteiger partial charge in [0.05, 0.1) is 12.2 Å². The van der Waals surface area contributed by atoms with Crippen LogP contribution >= 0.6 is 0 Å². The van der Waals surface area contributed by atoms with Crippen molar-refractivity contribution in [1.82, 2.24) is 5.32 Å². The van der Waals surface area contributed by atoms with Gasteiger partial charge in [-0.25, -0.2) is 4.79 Å². The van der Waals surface area contributed by atoms with Crippen molar-refractivity contribution in [2.75, 3.05) is 13.2 Å². The zero-order valence-corrected chi connectivity index (χ0v) is 10.8. The molecule has 4 heteroatoms. The topological polar surface area (TPSA) is 58.6 Å². The predicted octanol–water partition coefficient (Wildman–Crippen LogP) is 1.24. The van der Waals surface area contributed by atoms with Crippen molar-refractivity contribution in [3.8, 4) is 0 Å². The van der Waals surface area contributed by atoms with E-state index in [2.05, 4.69) is 5.32 Å². The van der Waals surface area contributed by atoms with Crippen LogP contribution < -0.4 is 5.32 Å². The Morgan fingerprint density at radius 1 is 1.38 bits per heavy atom. The van der Waals surface area contributed by atoms with Crippen molar-refractivity contribution >= 4 is 5.97 Å². The van der Waals surface area contributed by atoms with Gasteiger partial charge in [0.1, 0.15) is 0 Å². The van der Waals surface area contributed by atoms with Crippen LogP contribution in [0.1, 0.15) is 34.6 Å². The van der Waals surface area contributed by atoms with Crippen LogP contribution in [0.3, 0.4) is 0 Å². The van der Waals surface area contributed by atoms with Crippen LogP contribution in [0.25, 0.3) is 0 Å². The molecular weight excluding hydrogens is 206 g/mol. The maximum Gasteiger partial charge on any atom is 0.330 e. The normalized spacial score (nSPS) is 13.1. The molecule has 0 amide bonds. The van der Waals surface area contributed by atoms with Gasteiger partial charge in [0.15, 0.2) is 0 Å². The molecule has 0 atom stereocenters. The van der Waals surface area contributed by atoms with Gasteiger partial charge >= 0.3 is 5.97 Å². The van der Waals surface area contributed by atoms with Gasteiger partial charge in [-0.05, 0) is 34.6 Å². The highest BCUT2D eigenvalue weighted by molar-refractivity contribution is 5.81. The van der Waals surface area contributed by atoms with Gasteiger partial charge in [-0.2, -0.15) is 0 Å². The molecule has 0 saturated carbocycles. The average molecular weight is 229 g/mol. The first-order valence-electron chi connectivity index (χ1n) is 5.51. The molecule has 0 rings (SSSR count). The third kappa shape index (κ3) is 5.28. The van der Waals surface area contributed by atoms with E-state index in [4.69, 9.17) is 4.74 Å². The summed E-state index contributed by atoms with van der Waals surface area (Å²) in [7, 11) is 0. The van der Waals surface area contributed by atoms with E-state index < -0.39 is 11.1 Å². The van der Waals surface area contributed by atoms with Crippen molar-refractivity contribution in [1.29, 1.82) is 0 Å². The third-order valence-corrected chi connectivity index (χ3v) is 2.73. The van der Waals surface area contributed by atoms with Crippen LogP contribution in [0.15, 0.2) is 12.2 Å². The Morgan fingerprint density at radius 2 is 1.94 bits per heavy atom. The molecule has 16 heavy (non-hydrogen) atoms. The Morgan fingerprint density at radius 3 is 2.38 bits per heavy atom. The van der Waals surface area contributed by atoms with E-state index in [1.807, 2.05) is 13.8 Å². The van der Waals surface area contributed by atoms with E-state index in [1.165, 1.54) is 6.08 Å². The van der Waals surface area contributed by atoms with Crippen LogP contribution in [0.5, 0.6) is 0 Å². The molecule has 0 aromatic carbocycles. The van der Waals surface area contributed by atoms with Gasteiger partial charge in [-0.3, -0.25) is 0 Å². The molecule has 94 valence electrons. The minimum atomic E-state index is -0.829. The van der Waals surface area contributed by atoms with Crippen molar-refractivity contribution in [3.05, 3.63) is 12.2 Å². The van der Waals surface area contributed by atoms with Gasteiger partial charge in [0, 0.05) is 18.2 Å². The zero-order chi connectivity index (χ0) is 12.8. The monoisotopic (exact) mass is 229 g/mol. The maximum atomic E-state index is 11.0. The van der Waals surface area contributed by atoms with Crippen molar-refractivity contribution < 1.29 is 14.6 Å². The molecule has 0 aromatic heterocycles. The van der Waals surface area contributed by atoms with E-state index in [0.29, 0.717) is 13.2 Å². The van der Waals surface area contributed by atoms with Gasteiger partial charge < -0.3 is 15.2 Å². The second kappa shape index (κ2) is 6.01. The van der Waals surface area contributed by atoms with E-state index >= 15 is 0 Å². The second-order valence-electron chi connectivity index (χ2n) is 4.72. The summed E-state index contributed by atoms with van der Waals surface area (Å²) in [6.45, 7) is 9.96. The predicted molar refractivity (Wildman–Crippen MR) is 64.2 cm³/mol. The molecule has 0 aromatic rings. The van der Waals surface area contributed by atoms with Crippen molar-refractivity contribution in [2.45, 2.75) is 45.8 Å². The van der Waals surface area contributed by atoms with Crippen LogP contribution in [0.4, 0.5) is 0 Å². The lowest BCUT2D eigenvalue weighted by Crippen LogP contribution is -2.55. The van der Waals surface area contributed by atoms with E-state index in [-0.39, 0.29) is 5.97 Å². The number of carbonyl (C=O) groups is 1. The smallest absolute Gasteiger partial charge is 0.330 e. The summed E-state index contributed by atoms with van der Waals surface area (Å²) in [6, 6.07) is 0. The molecule has 0 radical (unpaired) electrons. The van der Waals surface area contributed by atoms with Crippen LogP contribution in [-0.4, -0.2) is 35.4 Å². The molecule has 0 saturated heterocycles. The molecule has 0 heterocycles. The standard InChI is InChI=1S/C12H23NO3/c1-6-16-10(14)8-7-9-13-11(2,3)12(4,5)15/h7-8,13,15H,6,9H2,1-5H3/b8-7+. The first-order valence-corrected chi connectivity index (χ1v) is 5.51. The Bertz CT molecular complexity index is 251. The fraction of sp³-hybridized carbons (Fsp3) is 0.750. The minimum absolute atomic E-state index is 0.342. The average Bonchev–Trinajstić information content (AvgIpc) is 2.11. The SMILES string of the molecule is CCOC(=O)/C=C/CNC(C)(C)C(C)(C)O. The molecule has 2 N–H and O–H groups in total. The van der Waals surface area contributed by atoms with E-state index in [1.54, 1.807) is 26.8 Å². The summed E-state index contributed by atoms with van der Waals surface area (Å²) < 4.78 is 4.74. The summed E-state index contributed by atoms with van der Waals surface area (Å²) in [5, 5.41) is 13.0. The van der Waals surface area contributed by atoms with Crippen molar-refractivity contribution in [2.24, 2.45) is 0 Å². The Kier molecular flexibility index (Phi) is 5.68. The quantitative estimate of drug-likeness (QED) is 0.531. The molecule has 0 unspecified atom stereocenters. The van der Waals surface area contributed by atoms with Gasteiger partial charge in [0.25, 0.3) is 0 Å². The first kappa shape index (κ1) is 15.1. The highest BCUT2D eigenvalue weighted by Crippen LogP contribution is 2.19. The molecule has 0 aliphatic rings. The maximum absolute atomic E-state index is 11.0. The lowest BCUT2D eigenvalue weighted by molar-refractivity contribution is -0.137. The Labute approximate surface area is 97.7 Å². The molecule has 0 fully saturated rings. The number of esters is 1.